The summed E-state index contributed by atoms with van der Waals surface area (Å²) in [5, 5.41) is 11.5. The maximum Gasteiger partial charge on any atom is 0.315 e. The molecule has 0 fully saturated rings. The average Bonchev–Trinajstić information content (AvgIpc) is 3.09. The van der Waals surface area contributed by atoms with Gasteiger partial charge in [0.2, 0.25) is 0 Å². The normalized spacial score (nSPS) is 13.3. The first kappa shape index (κ1) is 22.8. The molecule has 0 radical (unpaired) electrons. The zero-order chi connectivity index (χ0) is 22.8. The molecule has 1 heterocycles. The highest BCUT2D eigenvalue weighted by Gasteiger charge is 2.30. The summed E-state index contributed by atoms with van der Waals surface area (Å²) in [5.74, 6) is 0.00122. The lowest BCUT2D eigenvalue weighted by atomic mass is 9.73. The van der Waals surface area contributed by atoms with Gasteiger partial charge in [-0.1, -0.05) is 26.8 Å². The summed E-state index contributed by atoms with van der Waals surface area (Å²) in [6, 6.07) is 12.6. The summed E-state index contributed by atoms with van der Waals surface area (Å²) in [6.45, 7) is 13.0. The Kier molecular flexibility index (Phi) is 6.39. The lowest BCUT2D eigenvalue weighted by molar-refractivity contribution is 0.217. The largest absolute Gasteiger partial charge is 0.338 e. The molecule has 0 saturated carbocycles. The van der Waals surface area contributed by atoms with Gasteiger partial charge in [-0.15, -0.1) is 0 Å². The molecule has 0 aliphatic carbocycles. The third-order valence-corrected chi connectivity index (χ3v) is 5.61. The first-order valence-corrected chi connectivity index (χ1v) is 10.8. The highest BCUT2D eigenvalue weighted by Crippen LogP contribution is 2.38. The third-order valence-electron chi connectivity index (χ3n) is 5.61. The Balaban J connectivity index is 1.81. The van der Waals surface area contributed by atoms with Crippen LogP contribution in [0.3, 0.4) is 0 Å². The number of urea groups is 1. The summed E-state index contributed by atoms with van der Waals surface area (Å²) in [5.41, 5.74) is 2.62. The molecule has 3 aromatic rings. The van der Waals surface area contributed by atoms with E-state index in [1.54, 1.807) is 12.1 Å². The van der Waals surface area contributed by atoms with Crippen LogP contribution in [0.2, 0.25) is 0 Å². The zero-order valence-corrected chi connectivity index (χ0v) is 19.3. The molecule has 0 spiro atoms. The Morgan fingerprint density at radius 1 is 1.10 bits per heavy atom. The van der Waals surface area contributed by atoms with Gasteiger partial charge >= 0.3 is 6.03 Å². The monoisotopic (exact) mass is 424 g/mol. The van der Waals surface area contributed by atoms with Gasteiger partial charge in [0.1, 0.15) is 5.82 Å². The van der Waals surface area contributed by atoms with Crippen LogP contribution in [-0.4, -0.2) is 27.9 Å². The van der Waals surface area contributed by atoms with Crippen LogP contribution in [0.5, 0.6) is 0 Å². The molecule has 6 heteroatoms. The molecule has 0 aliphatic heterocycles. The SMILES string of the molecule is CCC(c1ccc2c(cnn2-c2ccc(F)cc2)c1)C(C)(C)CNC(=O)NC(C)(C)C. The maximum absolute atomic E-state index is 13.3. The molecule has 1 unspecified atom stereocenters. The fourth-order valence-corrected chi connectivity index (χ4v) is 4.11. The Hall–Kier alpha value is -2.89. The number of fused-ring (bicyclic) bond motifs is 1. The number of benzene rings is 2. The van der Waals surface area contributed by atoms with E-state index >= 15 is 0 Å². The van der Waals surface area contributed by atoms with Crippen LogP contribution in [0.1, 0.15) is 59.4 Å². The van der Waals surface area contributed by atoms with E-state index in [-0.39, 0.29) is 28.7 Å². The van der Waals surface area contributed by atoms with Crippen LogP contribution in [0.15, 0.2) is 48.7 Å². The molecule has 0 saturated heterocycles. The minimum absolute atomic E-state index is 0.134. The minimum Gasteiger partial charge on any atom is -0.338 e. The molecule has 5 nitrogen and oxygen atoms in total. The van der Waals surface area contributed by atoms with Crippen molar-refractivity contribution in [2.75, 3.05) is 6.54 Å². The number of nitrogens with zero attached hydrogens (tertiary/aromatic N) is 2. The molecule has 2 N–H and O–H groups in total. The fraction of sp³-hybridized carbons (Fsp3) is 0.440. The lowest BCUT2D eigenvalue weighted by Gasteiger charge is -2.35. The summed E-state index contributed by atoms with van der Waals surface area (Å²) in [6.07, 6.45) is 2.80. The molecule has 2 amide bonds. The van der Waals surface area contributed by atoms with E-state index in [1.807, 2.05) is 31.6 Å². The molecule has 0 aliphatic rings. The molecule has 166 valence electrons. The molecule has 1 aromatic heterocycles. The first-order valence-electron chi connectivity index (χ1n) is 10.8. The van der Waals surface area contributed by atoms with E-state index < -0.39 is 0 Å². The molecule has 31 heavy (non-hydrogen) atoms. The lowest BCUT2D eigenvalue weighted by Crippen LogP contribution is -2.49. The topological polar surface area (TPSA) is 59.0 Å². The number of carbonyl (C=O) groups is 1. The predicted molar refractivity (Wildman–Crippen MR) is 124 cm³/mol. The average molecular weight is 425 g/mol. The Labute approximate surface area is 184 Å². The Bertz CT molecular complexity index is 1050. The van der Waals surface area contributed by atoms with Crippen LogP contribution in [0.25, 0.3) is 16.6 Å². The molecule has 2 aromatic carbocycles. The summed E-state index contributed by atoms with van der Waals surface area (Å²) in [7, 11) is 0. The van der Waals surface area contributed by atoms with Crippen molar-refractivity contribution in [1.29, 1.82) is 0 Å². The van der Waals surface area contributed by atoms with Gasteiger partial charge in [-0.25, -0.2) is 13.9 Å². The second-order valence-electron chi connectivity index (χ2n) is 9.86. The highest BCUT2D eigenvalue weighted by molar-refractivity contribution is 5.81. The minimum atomic E-state index is -0.270. The Morgan fingerprint density at radius 3 is 2.39 bits per heavy atom. The van der Waals surface area contributed by atoms with E-state index in [0.717, 1.165) is 23.0 Å². The molecule has 1 atom stereocenters. The molecule has 0 bridgehead atoms. The fourth-order valence-electron chi connectivity index (χ4n) is 4.11. The van der Waals surface area contributed by atoms with E-state index in [0.29, 0.717) is 6.54 Å². The smallest absolute Gasteiger partial charge is 0.315 e. The van der Waals surface area contributed by atoms with Crippen molar-refractivity contribution in [3.05, 3.63) is 60.0 Å². The van der Waals surface area contributed by atoms with Crippen molar-refractivity contribution in [2.24, 2.45) is 5.41 Å². The van der Waals surface area contributed by atoms with E-state index in [1.165, 1.54) is 17.7 Å². The van der Waals surface area contributed by atoms with Gasteiger partial charge < -0.3 is 10.6 Å². The van der Waals surface area contributed by atoms with Crippen LogP contribution in [-0.2, 0) is 0 Å². The zero-order valence-electron chi connectivity index (χ0n) is 19.3. The number of carbonyl (C=O) groups excluding carboxylic acids is 1. The number of nitrogens with one attached hydrogen (secondary N) is 2. The standard InChI is InChI=1S/C25H33FN4O/c1-7-21(25(5,6)16-27-23(31)29-24(2,3)4)17-8-13-22-18(14-17)15-28-30(22)20-11-9-19(26)10-12-20/h8-15,21H,7,16H2,1-6H3,(H2,27,29,31). The number of hydrogen-bond donors (Lipinski definition) is 2. The van der Waals surface area contributed by atoms with Crippen molar-refractivity contribution >= 4 is 16.9 Å². The van der Waals surface area contributed by atoms with Crippen molar-refractivity contribution in [1.82, 2.24) is 20.4 Å². The predicted octanol–water partition coefficient (Wildman–Crippen LogP) is 5.78. The number of amides is 2. The van der Waals surface area contributed by atoms with Crippen molar-refractivity contribution in [3.63, 3.8) is 0 Å². The van der Waals surface area contributed by atoms with Gasteiger partial charge in [0.15, 0.2) is 0 Å². The summed E-state index contributed by atoms with van der Waals surface area (Å²) in [4.78, 5) is 12.2. The Morgan fingerprint density at radius 2 is 1.77 bits per heavy atom. The van der Waals surface area contributed by atoms with Gasteiger partial charge in [-0.2, -0.15) is 5.10 Å². The van der Waals surface area contributed by atoms with Gasteiger partial charge in [0.25, 0.3) is 0 Å². The summed E-state index contributed by atoms with van der Waals surface area (Å²) >= 11 is 0. The molecular weight excluding hydrogens is 391 g/mol. The third kappa shape index (κ3) is 5.43. The second kappa shape index (κ2) is 8.69. The van der Waals surface area contributed by atoms with E-state index in [2.05, 4.69) is 54.7 Å². The van der Waals surface area contributed by atoms with Crippen molar-refractivity contribution in [2.45, 2.75) is 59.4 Å². The van der Waals surface area contributed by atoms with Crippen LogP contribution in [0.4, 0.5) is 9.18 Å². The molecular formula is C25H33FN4O. The van der Waals surface area contributed by atoms with Crippen LogP contribution >= 0.6 is 0 Å². The van der Waals surface area contributed by atoms with Crippen molar-refractivity contribution < 1.29 is 9.18 Å². The van der Waals surface area contributed by atoms with Gasteiger partial charge in [0, 0.05) is 17.5 Å². The quantitative estimate of drug-likeness (QED) is 0.527. The molecule has 3 rings (SSSR count). The maximum atomic E-state index is 13.3. The van der Waals surface area contributed by atoms with Crippen LogP contribution < -0.4 is 10.6 Å². The number of aromatic nitrogens is 2. The second-order valence-corrected chi connectivity index (χ2v) is 9.86. The van der Waals surface area contributed by atoms with Crippen LogP contribution in [0, 0.1) is 11.2 Å². The van der Waals surface area contributed by atoms with E-state index in [4.69, 9.17) is 0 Å². The number of rotatable bonds is 6. The van der Waals surface area contributed by atoms with Gasteiger partial charge in [-0.05, 0) is 80.5 Å². The van der Waals surface area contributed by atoms with Gasteiger partial charge in [-0.3, -0.25) is 0 Å². The van der Waals surface area contributed by atoms with Crippen molar-refractivity contribution in [3.8, 4) is 5.69 Å². The number of hydrogen-bond acceptors (Lipinski definition) is 2. The highest BCUT2D eigenvalue weighted by atomic mass is 19.1. The van der Waals surface area contributed by atoms with E-state index in [9.17, 15) is 9.18 Å². The first-order chi connectivity index (χ1) is 14.5. The summed E-state index contributed by atoms with van der Waals surface area (Å²) < 4.78 is 15.1. The van der Waals surface area contributed by atoms with Gasteiger partial charge in [0.05, 0.1) is 17.4 Å². The number of halogens is 1.